The zero-order valence-corrected chi connectivity index (χ0v) is 10.4. The van der Waals surface area contributed by atoms with Gasteiger partial charge in [-0.2, -0.15) is 0 Å². The second-order valence-electron chi connectivity index (χ2n) is 4.62. The first-order chi connectivity index (χ1) is 8.79. The van der Waals surface area contributed by atoms with Crippen molar-refractivity contribution in [1.82, 2.24) is 0 Å². The topological polar surface area (TPSA) is 58.9 Å². The number of benzene rings is 1. The van der Waals surface area contributed by atoms with Gasteiger partial charge in [0.15, 0.2) is 0 Å². The Hall–Kier alpha value is -0.940. The third-order valence-electron chi connectivity index (χ3n) is 3.17. The van der Waals surface area contributed by atoms with Crippen LogP contribution in [-0.2, 0) is 16.1 Å². The van der Waals surface area contributed by atoms with Crippen molar-refractivity contribution in [3.63, 3.8) is 0 Å². The summed E-state index contributed by atoms with van der Waals surface area (Å²) in [6.07, 6.45) is 0.654. The van der Waals surface area contributed by atoms with E-state index >= 15 is 0 Å². The fourth-order valence-electron chi connectivity index (χ4n) is 2.14. The van der Waals surface area contributed by atoms with Crippen LogP contribution in [-0.4, -0.2) is 41.7 Å². The van der Waals surface area contributed by atoms with Crippen molar-refractivity contribution in [3.8, 4) is 0 Å². The maximum Gasteiger partial charge on any atom is 0.103 e. The normalized spacial score (nSPS) is 25.2. The molecule has 2 rings (SSSR count). The Balaban J connectivity index is 1.66. The molecule has 1 saturated heterocycles. The molecule has 1 fully saturated rings. The van der Waals surface area contributed by atoms with Gasteiger partial charge < -0.3 is 19.7 Å². The number of hydrogen-bond donors (Lipinski definition) is 2. The molecule has 18 heavy (non-hydrogen) atoms. The standard InChI is InChI=1S/C14H20O4/c15-8-13(16)14-7-6-12(18-14)10-17-9-11-4-2-1-3-5-11/h1-5,12-16H,6-10H2/t12-,13+,14-/m1/s1. The first kappa shape index (κ1) is 13.5. The van der Waals surface area contributed by atoms with Crippen LogP contribution >= 0.6 is 0 Å². The molecule has 0 aromatic heterocycles. The van der Waals surface area contributed by atoms with Crippen LogP contribution in [0.15, 0.2) is 30.3 Å². The van der Waals surface area contributed by atoms with Gasteiger partial charge in [-0.15, -0.1) is 0 Å². The molecule has 0 amide bonds. The molecule has 100 valence electrons. The number of aliphatic hydroxyl groups is 2. The van der Waals surface area contributed by atoms with E-state index in [2.05, 4.69) is 0 Å². The monoisotopic (exact) mass is 252 g/mol. The Morgan fingerprint density at radius 2 is 2.06 bits per heavy atom. The van der Waals surface area contributed by atoms with Crippen LogP contribution in [0.1, 0.15) is 18.4 Å². The highest BCUT2D eigenvalue weighted by Crippen LogP contribution is 2.22. The average Bonchev–Trinajstić information content (AvgIpc) is 2.88. The first-order valence-corrected chi connectivity index (χ1v) is 6.35. The molecule has 2 N–H and O–H groups in total. The molecular weight excluding hydrogens is 232 g/mol. The van der Waals surface area contributed by atoms with Gasteiger partial charge in [0.1, 0.15) is 6.10 Å². The fourth-order valence-corrected chi connectivity index (χ4v) is 2.14. The SMILES string of the molecule is OC[C@H](O)[C@H]1CC[C@H](COCc2ccccc2)O1. The van der Waals surface area contributed by atoms with Crippen molar-refractivity contribution in [2.75, 3.05) is 13.2 Å². The van der Waals surface area contributed by atoms with Crippen LogP contribution in [0.2, 0.25) is 0 Å². The lowest BCUT2D eigenvalue weighted by Crippen LogP contribution is -2.30. The zero-order chi connectivity index (χ0) is 12.8. The van der Waals surface area contributed by atoms with E-state index in [0.29, 0.717) is 13.2 Å². The van der Waals surface area contributed by atoms with Crippen molar-refractivity contribution in [3.05, 3.63) is 35.9 Å². The van der Waals surface area contributed by atoms with E-state index in [1.54, 1.807) is 0 Å². The van der Waals surface area contributed by atoms with Gasteiger partial charge in [-0.05, 0) is 18.4 Å². The molecule has 0 spiro atoms. The summed E-state index contributed by atoms with van der Waals surface area (Å²) >= 11 is 0. The fraction of sp³-hybridized carbons (Fsp3) is 0.571. The predicted molar refractivity (Wildman–Crippen MR) is 67.1 cm³/mol. The van der Waals surface area contributed by atoms with Gasteiger partial charge in [-0.1, -0.05) is 30.3 Å². The third kappa shape index (κ3) is 3.78. The van der Waals surface area contributed by atoms with Crippen molar-refractivity contribution in [2.24, 2.45) is 0 Å². The van der Waals surface area contributed by atoms with E-state index in [1.807, 2.05) is 30.3 Å². The molecule has 3 atom stereocenters. The molecule has 0 aliphatic carbocycles. The summed E-state index contributed by atoms with van der Waals surface area (Å²) in [5.41, 5.74) is 1.14. The molecule has 1 heterocycles. The van der Waals surface area contributed by atoms with Crippen molar-refractivity contribution in [2.45, 2.75) is 37.8 Å². The summed E-state index contributed by atoms with van der Waals surface area (Å²) in [4.78, 5) is 0. The molecule has 1 aliphatic rings. The van der Waals surface area contributed by atoms with Crippen LogP contribution in [0.5, 0.6) is 0 Å². The maximum absolute atomic E-state index is 9.46. The summed E-state index contributed by atoms with van der Waals surface area (Å²) in [5.74, 6) is 0. The minimum absolute atomic E-state index is 0.0277. The Morgan fingerprint density at radius 3 is 2.78 bits per heavy atom. The highest BCUT2D eigenvalue weighted by molar-refractivity contribution is 5.13. The van der Waals surface area contributed by atoms with Gasteiger partial charge in [-0.3, -0.25) is 0 Å². The Morgan fingerprint density at radius 1 is 1.28 bits per heavy atom. The molecule has 1 aromatic rings. The minimum atomic E-state index is -0.774. The Labute approximate surface area is 107 Å². The number of hydrogen-bond acceptors (Lipinski definition) is 4. The Kier molecular flexibility index (Phi) is 5.13. The van der Waals surface area contributed by atoms with E-state index < -0.39 is 6.10 Å². The molecule has 1 aliphatic heterocycles. The van der Waals surface area contributed by atoms with Crippen LogP contribution in [0.4, 0.5) is 0 Å². The predicted octanol–water partition coefficient (Wildman–Crippen LogP) is 1.10. The lowest BCUT2D eigenvalue weighted by Gasteiger charge is -2.17. The Bertz CT molecular complexity index is 341. The van der Waals surface area contributed by atoms with Crippen LogP contribution < -0.4 is 0 Å². The highest BCUT2D eigenvalue weighted by atomic mass is 16.5. The van der Waals surface area contributed by atoms with Gasteiger partial charge >= 0.3 is 0 Å². The van der Waals surface area contributed by atoms with Gasteiger partial charge in [0.05, 0.1) is 32.0 Å². The molecule has 0 unspecified atom stereocenters. The molecule has 4 nitrogen and oxygen atoms in total. The van der Waals surface area contributed by atoms with E-state index in [4.69, 9.17) is 14.6 Å². The molecule has 0 bridgehead atoms. The second-order valence-corrected chi connectivity index (χ2v) is 4.62. The lowest BCUT2D eigenvalue weighted by molar-refractivity contribution is -0.0752. The third-order valence-corrected chi connectivity index (χ3v) is 3.17. The van der Waals surface area contributed by atoms with E-state index in [9.17, 15) is 5.11 Å². The van der Waals surface area contributed by atoms with Crippen LogP contribution in [0.3, 0.4) is 0 Å². The van der Waals surface area contributed by atoms with Crippen molar-refractivity contribution < 1.29 is 19.7 Å². The summed E-state index contributed by atoms with van der Waals surface area (Å²) in [6, 6.07) is 9.99. The second kappa shape index (κ2) is 6.85. The van der Waals surface area contributed by atoms with E-state index in [-0.39, 0.29) is 18.8 Å². The van der Waals surface area contributed by atoms with Gasteiger partial charge in [-0.25, -0.2) is 0 Å². The average molecular weight is 252 g/mol. The molecule has 0 saturated carbocycles. The minimum Gasteiger partial charge on any atom is -0.394 e. The maximum atomic E-state index is 9.46. The smallest absolute Gasteiger partial charge is 0.103 e. The number of ether oxygens (including phenoxy) is 2. The largest absolute Gasteiger partial charge is 0.394 e. The van der Waals surface area contributed by atoms with E-state index in [0.717, 1.165) is 18.4 Å². The molecule has 1 aromatic carbocycles. The lowest BCUT2D eigenvalue weighted by atomic mass is 10.1. The first-order valence-electron chi connectivity index (χ1n) is 6.35. The van der Waals surface area contributed by atoms with Gasteiger partial charge in [0, 0.05) is 0 Å². The van der Waals surface area contributed by atoms with Crippen LogP contribution in [0, 0.1) is 0 Å². The molecule has 4 heteroatoms. The summed E-state index contributed by atoms with van der Waals surface area (Å²) in [5, 5.41) is 18.3. The summed E-state index contributed by atoms with van der Waals surface area (Å²) in [7, 11) is 0. The summed E-state index contributed by atoms with van der Waals surface area (Å²) < 4.78 is 11.2. The highest BCUT2D eigenvalue weighted by Gasteiger charge is 2.30. The van der Waals surface area contributed by atoms with Crippen molar-refractivity contribution >= 4 is 0 Å². The zero-order valence-electron chi connectivity index (χ0n) is 10.4. The van der Waals surface area contributed by atoms with Gasteiger partial charge in [0.2, 0.25) is 0 Å². The summed E-state index contributed by atoms with van der Waals surface area (Å²) in [6.45, 7) is 0.861. The van der Waals surface area contributed by atoms with Crippen LogP contribution in [0.25, 0.3) is 0 Å². The van der Waals surface area contributed by atoms with Gasteiger partial charge in [0.25, 0.3) is 0 Å². The van der Waals surface area contributed by atoms with E-state index in [1.165, 1.54) is 0 Å². The quantitative estimate of drug-likeness (QED) is 0.796. The molecular formula is C14H20O4. The molecule has 0 radical (unpaired) electrons. The number of rotatable bonds is 6. The number of aliphatic hydroxyl groups excluding tert-OH is 2. The van der Waals surface area contributed by atoms with Crippen molar-refractivity contribution in [1.29, 1.82) is 0 Å².